The Morgan fingerprint density at radius 2 is 2.06 bits per heavy atom. The molecule has 3 rings (SSSR count). The monoisotopic (exact) mass is 265 g/mol. The summed E-state index contributed by atoms with van der Waals surface area (Å²) in [5.41, 5.74) is 1.71. The summed E-state index contributed by atoms with van der Waals surface area (Å²) in [4.78, 5) is 0. The molecule has 3 heteroatoms. The van der Waals surface area contributed by atoms with Gasteiger partial charge in [-0.05, 0) is 49.8 Å². The molecule has 2 aliphatic rings. The highest BCUT2D eigenvalue weighted by molar-refractivity contribution is 6.30. The first-order chi connectivity index (χ1) is 8.76. The van der Waals surface area contributed by atoms with E-state index in [0.29, 0.717) is 11.6 Å². The van der Waals surface area contributed by atoms with Gasteiger partial charge in [-0.3, -0.25) is 0 Å². The lowest BCUT2D eigenvalue weighted by Crippen LogP contribution is -2.45. The smallest absolute Gasteiger partial charge is 0.0619 e. The van der Waals surface area contributed by atoms with E-state index in [2.05, 4.69) is 17.4 Å². The Labute approximate surface area is 114 Å². The predicted molar refractivity (Wildman–Crippen MR) is 74.1 cm³/mol. The average molecular weight is 266 g/mol. The molecule has 18 heavy (non-hydrogen) atoms. The SMILES string of the molecule is Clc1ccc(CC2(NC3CCCOC3)CC2)cc1. The molecule has 1 unspecified atom stereocenters. The maximum absolute atomic E-state index is 5.92. The van der Waals surface area contributed by atoms with Gasteiger partial charge in [0.05, 0.1) is 6.61 Å². The lowest BCUT2D eigenvalue weighted by molar-refractivity contribution is 0.0649. The molecule has 1 saturated heterocycles. The lowest BCUT2D eigenvalue weighted by atomic mass is 10.0. The van der Waals surface area contributed by atoms with Gasteiger partial charge in [-0.1, -0.05) is 23.7 Å². The van der Waals surface area contributed by atoms with Crippen LogP contribution in [0.25, 0.3) is 0 Å². The Morgan fingerprint density at radius 1 is 1.28 bits per heavy atom. The van der Waals surface area contributed by atoms with Gasteiger partial charge in [-0.25, -0.2) is 0 Å². The normalized spacial score (nSPS) is 25.9. The number of nitrogens with one attached hydrogen (secondary N) is 1. The maximum Gasteiger partial charge on any atom is 0.0619 e. The second kappa shape index (κ2) is 5.20. The summed E-state index contributed by atoms with van der Waals surface area (Å²) in [7, 11) is 0. The largest absolute Gasteiger partial charge is 0.380 e. The molecular weight excluding hydrogens is 246 g/mol. The molecule has 1 N–H and O–H groups in total. The highest BCUT2D eigenvalue weighted by Crippen LogP contribution is 2.39. The number of hydrogen-bond donors (Lipinski definition) is 1. The summed E-state index contributed by atoms with van der Waals surface area (Å²) in [6, 6.07) is 8.80. The van der Waals surface area contributed by atoms with E-state index in [9.17, 15) is 0 Å². The van der Waals surface area contributed by atoms with E-state index in [1.165, 1.54) is 31.2 Å². The number of rotatable bonds is 4. The van der Waals surface area contributed by atoms with Crippen LogP contribution in [-0.2, 0) is 11.2 Å². The minimum atomic E-state index is 0.333. The first-order valence-electron chi connectivity index (χ1n) is 6.86. The summed E-state index contributed by atoms with van der Waals surface area (Å²) in [5.74, 6) is 0. The number of halogens is 1. The van der Waals surface area contributed by atoms with Crippen molar-refractivity contribution in [2.75, 3.05) is 13.2 Å². The highest BCUT2D eigenvalue weighted by Gasteiger charge is 2.43. The third-order valence-corrected chi connectivity index (χ3v) is 4.23. The average Bonchev–Trinajstić information content (AvgIpc) is 3.13. The minimum absolute atomic E-state index is 0.333. The standard InChI is InChI=1S/C15H20ClNO/c16-13-5-3-12(4-6-13)10-15(7-8-15)17-14-2-1-9-18-11-14/h3-6,14,17H,1-2,7-11H2. The van der Waals surface area contributed by atoms with Crippen LogP contribution in [0.15, 0.2) is 24.3 Å². The fourth-order valence-corrected chi connectivity index (χ4v) is 2.93. The summed E-state index contributed by atoms with van der Waals surface area (Å²) in [6.07, 6.45) is 6.12. The minimum Gasteiger partial charge on any atom is -0.380 e. The Kier molecular flexibility index (Phi) is 3.60. The van der Waals surface area contributed by atoms with Crippen LogP contribution in [0.3, 0.4) is 0 Å². The van der Waals surface area contributed by atoms with E-state index in [-0.39, 0.29) is 0 Å². The first-order valence-corrected chi connectivity index (χ1v) is 7.24. The third-order valence-electron chi connectivity index (χ3n) is 3.98. The fourth-order valence-electron chi connectivity index (χ4n) is 2.80. The van der Waals surface area contributed by atoms with Crippen LogP contribution in [0.2, 0.25) is 5.02 Å². The van der Waals surface area contributed by atoms with Gasteiger partial charge in [0.15, 0.2) is 0 Å². The molecule has 1 aromatic carbocycles. The van der Waals surface area contributed by atoms with Crippen LogP contribution in [0, 0.1) is 0 Å². The number of hydrogen-bond acceptors (Lipinski definition) is 2. The van der Waals surface area contributed by atoms with E-state index in [1.54, 1.807) is 0 Å². The molecule has 1 aliphatic heterocycles. The van der Waals surface area contributed by atoms with Crippen LogP contribution in [-0.4, -0.2) is 24.8 Å². The Balaban J connectivity index is 1.59. The summed E-state index contributed by atoms with van der Waals surface area (Å²) < 4.78 is 5.54. The fraction of sp³-hybridized carbons (Fsp3) is 0.600. The van der Waals surface area contributed by atoms with Crippen molar-refractivity contribution >= 4 is 11.6 Å². The van der Waals surface area contributed by atoms with Crippen molar-refractivity contribution in [2.45, 2.75) is 43.7 Å². The van der Waals surface area contributed by atoms with Crippen LogP contribution in [0.5, 0.6) is 0 Å². The van der Waals surface area contributed by atoms with Crippen molar-refractivity contribution < 1.29 is 4.74 Å². The molecule has 0 spiro atoms. The van der Waals surface area contributed by atoms with E-state index in [0.717, 1.165) is 24.7 Å². The molecule has 1 atom stereocenters. The second-order valence-corrected chi connectivity index (χ2v) is 6.08. The van der Waals surface area contributed by atoms with Gasteiger partial charge in [0.1, 0.15) is 0 Å². The van der Waals surface area contributed by atoms with Crippen molar-refractivity contribution in [1.29, 1.82) is 0 Å². The van der Waals surface area contributed by atoms with Gasteiger partial charge in [0, 0.05) is 23.2 Å². The van der Waals surface area contributed by atoms with Crippen LogP contribution in [0.1, 0.15) is 31.2 Å². The zero-order valence-electron chi connectivity index (χ0n) is 10.6. The molecule has 1 aromatic rings. The van der Waals surface area contributed by atoms with E-state index < -0.39 is 0 Å². The molecule has 2 fully saturated rings. The van der Waals surface area contributed by atoms with Gasteiger partial charge < -0.3 is 10.1 Å². The number of ether oxygens (including phenoxy) is 1. The lowest BCUT2D eigenvalue weighted by Gasteiger charge is -2.28. The molecule has 0 amide bonds. The Morgan fingerprint density at radius 3 is 2.67 bits per heavy atom. The summed E-state index contributed by atoms with van der Waals surface area (Å²) in [5, 5.41) is 4.63. The van der Waals surface area contributed by atoms with Crippen molar-refractivity contribution in [3.63, 3.8) is 0 Å². The van der Waals surface area contributed by atoms with Crippen molar-refractivity contribution in [3.05, 3.63) is 34.9 Å². The van der Waals surface area contributed by atoms with Gasteiger partial charge in [0.2, 0.25) is 0 Å². The molecule has 98 valence electrons. The van der Waals surface area contributed by atoms with E-state index >= 15 is 0 Å². The zero-order valence-corrected chi connectivity index (χ0v) is 11.4. The third kappa shape index (κ3) is 3.05. The molecule has 0 bridgehead atoms. The highest BCUT2D eigenvalue weighted by atomic mass is 35.5. The van der Waals surface area contributed by atoms with E-state index in [4.69, 9.17) is 16.3 Å². The molecular formula is C15H20ClNO. The summed E-state index contributed by atoms with van der Waals surface area (Å²) in [6.45, 7) is 1.81. The van der Waals surface area contributed by atoms with Gasteiger partial charge >= 0.3 is 0 Å². The molecule has 0 aromatic heterocycles. The van der Waals surface area contributed by atoms with Crippen LogP contribution in [0.4, 0.5) is 0 Å². The molecule has 2 nitrogen and oxygen atoms in total. The topological polar surface area (TPSA) is 21.3 Å². The quantitative estimate of drug-likeness (QED) is 0.903. The molecule has 0 radical (unpaired) electrons. The maximum atomic E-state index is 5.92. The van der Waals surface area contributed by atoms with Crippen LogP contribution >= 0.6 is 11.6 Å². The predicted octanol–water partition coefficient (Wildman–Crippen LogP) is 3.18. The number of benzene rings is 1. The molecule has 1 heterocycles. The summed E-state index contributed by atoms with van der Waals surface area (Å²) >= 11 is 5.92. The van der Waals surface area contributed by atoms with Crippen LogP contribution < -0.4 is 5.32 Å². The molecule has 1 saturated carbocycles. The Hall–Kier alpha value is -0.570. The Bertz CT molecular complexity index is 393. The van der Waals surface area contributed by atoms with Gasteiger partial charge in [-0.15, -0.1) is 0 Å². The van der Waals surface area contributed by atoms with Crippen molar-refractivity contribution in [3.8, 4) is 0 Å². The van der Waals surface area contributed by atoms with Crippen molar-refractivity contribution in [2.24, 2.45) is 0 Å². The van der Waals surface area contributed by atoms with Gasteiger partial charge in [-0.2, -0.15) is 0 Å². The first kappa shape index (κ1) is 12.5. The van der Waals surface area contributed by atoms with Crippen molar-refractivity contribution in [1.82, 2.24) is 5.32 Å². The van der Waals surface area contributed by atoms with E-state index in [1.807, 2.05) is 12.1 Å². The second-order valence-electron chi connectivity index (χ2n) is 5.64. The van der Waals surface area contributed by atoms with Gasteiger partial charge in [0.25, 0.3) is 0 Å². The zero-order chi connectivity index (χ0) is 12.4. The molecule has 1 aliphatic carbocycles.